The van der Waals surface area contributed by atoms with Gasteiger partial charge in [-0.2, -0.15) is 0 Å². The first-order chi connectivity index (χ1) is 3.81. The van der Waals surface area contributed by atoms with E-state index in [9.17, 15) is 4.39 Å². The minimum absolute atomic E-state index is 0.431. The molecular weight excluding hydrogens is 103 g/mol. The first kappa shape index (κ1) is 7.93. The van der Waals surface area contributed by atoms with Crippen LogP contribution >= 0.6 is 0 Å². The Morgan fingerprint density at radius 3 is 2.62 bits per heavy atom. The maximum atomic E-state index is 12.3. The van der Waals surface area contributed by atoms with Crippen LogP contribution in [-0.4, -0.2) is 6.17 Å². The maximum absolute atomic E-state index is 12.3. The van der Waals surface area contributed by atoms with Crippen LogP contribution in [0.15, 0.2) is 0 Å². The van der Waals surface area contributed by atoms with Gasteiger partial charge in [-0.3, -0.25) is 0 Å². The second-order valence-corrected chi connectivity index (χ2v) is 2.03. The molecule has 1 heteroatoms. The first-order valence-corrected chi connectivity index (χ1v) is 3.24. The van der Waals surface area contributed by atoms with Crippen molar-refractivity contribution in [3.8, 4) is 0 Å². The van der Waals surface area contributed by atoms with Gasteiger partial charge in [-0.25, -0.2) is 4.39 Å². The summed E-state index contributed by atoms with van der Waals surface area (Å²) in [6.45, 7) is 5.53. The van der Waals surface area contributed by atoms with E-state index in [1.807, 2.05) is 0 Å². The summed E-state index contributed by atoms with van der Waals surface area (Å²) < 4.78 is 12.3. The van der Waals surface area contributed by atoms with E-state index in [0.717, 1.165) is 12.8 Å². The third kappa shape index (κ3) is 4.10. The molecule has 0 aliphatic carbocycles. The molecule has 0 aliphatic rings. The average Bonchev–Trinajstić information content (AvgIpc) is 1.83. The fourth-order valence-electron chi connectivity index (χ4n) is 0.570. The number of unbranched alkanes of at least 4 members (excludes halogenated alkanes) is 1. The van der Waals surface area contributed by atoms with Crippen LogP contribution < -0.4 is 0 Å². The van der Waals surface area contributed by atoms with Gasteiger partial charge in [0.25, 0.3) is 0 Å². The van der Waals surface area contributed by atoms with Gasteiger partial charge in [0.1, 0.15) is 6.17 Å². The van der Waals surface area contributed by atoms with Crippen molar-refractivity contribution < 1.29 is 4.39 Å². The third-order valence-corrected chi connectivity index (χ3v) is 1.18. The Morgan fingerprint density at radius 1 is 1.62 bits per heavy atom. The molecule has 0 N–H and O–H groups in total. The summed E-state index contributed by atoms with van der Waals surface area (Å²) in [5.41, 5.74) is 0. The lowest BCUT2D eigenvalue weighted by molar-refractivity contribution is 0.309. The number of hydrogen-bond acceptors (Lipinski definition) is 0. The van der Waals surface area contributed by atoms with E-state index in [2.05, 4.69) is 13.8 Å². The van der Waals surface area contributed by atoms with Gasteiger partial charge in [-0.1, -0.05) is 26.7 Å². The minimum Gasteiger partial charge on any atom is -0.247 e. The number of rotatable bonds is 4. The van der Waals surface area contributed by atoms with Crippen LogP contribution in [-0.2, 0) is 0 Å². The molecule has 0 aromatic carbocycles. The third-order valence-electron chi connectivity index (χ3n) is 1.18. The normalized spacial score (nSPS) is 13.9. The van der Waals surface area contributed by atoms with Crippen LogP contribution in [0.1, 0.15) is 32.6 Å². The van der Waals surface area contributed by atoms with E-state index in [-0.39, 0.29) is 0 Å². The first-order valence-electron chi connectivity index (χ1n) is 3.24. The molecule has 0 heterocycles. The molecule has 0 spiro atoms. The smallest absolute Gasteiger partial charge is 0.100 e. The van der Waals surface area contributed by atoms with E-state index in [1.165, 1.54) is 0 Å². The highest BCUT2D eigenvalue weighted by atomic mass is 19.1. The highest BCUT2D eigenvalue weighted by Gasteiger charge is 1.99. The van der Waals surface area contributed by atoms with Crippen molar-refractivity contribution >= 4 is 0 Å². The van der Waals surface area contributed by atoms with E-state index in [0.29, 0.717) is 12.8 Å². The van der Waals surface area contributed by atoms with Crippen molar-refractivity contribution in [2.24, 2.45) is 0 Å². The van der Waals surface area contributed by atoms with Crippen LogP contribution in [0.3, 0.4) is 0 Å². The number of hydrogen-bond donors (Lipinski definition) is 0. The van der Waals surface area contributed by atoms with E-state index in [1.54, 1.807) is 0 Å². The summed E-state index contributed by atoms with van der Waals surface area (Å²) in [5.74, 6) is 0. The van der Waals surface area contributed by atoms with Crippen LogP contribution in [0, 0.1) is 6.92 Å². The topological polar surface area (TPSA) is 0 Å². The molecule has 49 valence electrons. The van der Waals surface area contributed by atoms with E-state index in [4.69, 9.17) is 0 Å². The second-order valence-electron chi connectivity index (χ2n) is 2.03. The zero-order chi connectivity index (χ0) is 6.41. The van der Waals surface area contributed by atoms with Crippen molar-refractivity contribution in [1.29, 1.82) is 0 Å². The Morgan fingerprint density at radius 2 is 2.25 bits per heavy atom. The predicted molar refractivity (Wildman–Crippen MR) is 34.4 cm³/mol. The summed E-state index contributed by atoms with van der Waals surface area (Å²) in [6.07, 6.45) is 2.55. The summed E-state index contributed by atoms with van der Waals surface area (Å²) in [7, 11) is 0. The molecule has 0 aromatic rings. The lowest BCUT2D eigenvalue weighted by atomic mass is 10.1. The molecule has 8 heavy (non-hydrogen) atoms. The van der Waals surface area contributed by atoms with Crippen LogP contribution in [0.5, 0.6) is 0 Å². The maximum Gasteiger partial charge on any atom is 0.100 e. The lowest BCUT2D eigenvalue weighted by Gasteiger charge is -2.00. The Kier molecular flexibility index (Phi) is 5.03. The molecule has 1 atom stereocenters. The largest absolute Gasteiger partial charge is 0.247 e. The monoisotopic (exact) mass is 117 g/mol. The Labute approximate surface area is 51.1 Å². The summed E-state index contributed by atoms with van der Waals surface area (Å²) in [5, 5.41) is 0. The van der Waals surface area contributed by atoms with Gasteiger partial charge in [0.2, 0.25) is 0 Å². The fourth-order valence-corrected chi connectivity index (χ4v) is 0.570. The minimum atomic E-state index is -0.657. The molecule has 1 radical (unpaired) electrons. The van der Waals surface area contributed by atoms with Crippen LogP contribution in [0.4, 0.5) is 4.39 Å². The summed E-state index contributed by atoms with van der Waals surface area (Å²) in [4.78, 5) is 0. The zero-order valence-corrected chi connectivity index (χ0v) is 5.49. The predicted octanol–water partition coefficient (Wildman–Crippen LogP) is 2.74. The standard InChI is InChI=1S/C7H14F/c1-3-5-6-7(8)4-2/h7H,2-6H2,1H3/t7-/m0/s1. The van der Waals surface area contributed by atoms with Gasteiger partial charge in [0.15, 0.2) is 0 Å². The molecule has 0 rings (SSSR count). The van der Waals surface area contributed by atoms with Gasteiger partial charge in [0.05, 0.1) is 0 Å². The molecule has 0 saturated carbocycles. The molecule has 0 aromatic heterocycles. The Hall–Kier alpha value is -0.0700. The quantitative estimate of drug-likeness (QED) is 0.531. The molecule has 0 amide bonds. The average molecular weight is 117 g/mol. The van der Waals surface area contributed by atoms with Gasteiger partial charge < -0.3 is 0 Å². The molecule has 0 fully saturated rings. The van der Waals surface area contributed by atoms with Crippen molar-refractivity contribution in [3.63, 3.8) is 0 Å². The van der Waals surface area contributed by atoms with Crippen LogP contribution in [0.25, 0.3) is 0 Å². The Bertz CT molecular complexity index is 43.7. The van der Waals surface area contributed by atoms with Gasteiger partial charge in [-0.05, 0) is 12.8 Å². The molecule has 0 saturated heterocycles. The molecule has 0 aliphatic heterocycles. The van der Waals surface area contributed by atoms with Gasteiger partial charge in [-0.15, -0.1) is 0 Å². The second kappa shape index (κ2) is 5.07. The SMILES string of the molecule is [CH2]C[C@H](F)CCCC. The number of alkyl halides is 1. The lowest BCUT2D eigenvalue weighted by Crippen LogP contribution is -1.95. The molecule has 0 bridgehead atoms. The van der Waals surface area contributed by atoms with Crippen molar-refractivity contribution in [3.05, 3.63) is 6.92 Å². The summed E-state index contributed by atoms with van der Waals surface area (Å²) >= 11 is 0. The molecule has 0 nitrogen and oxygen atoms in total. The fraction of sp³-hybridized carbons (Fsp3) is 0.857. The van der Waals surface area contributed by atoms with Crippen LogP contribution in [0.2, 0.25) is 0 Å². The highest BCUT2D eigenvalue weighted by molar-refractivity contribution is 4.55. The van der Waals surface area contributed by atoms with Crippen molar-refractivity contribution in [1.82, 2.24) is 0 Å². The van der Waals surface area contributed by atoms with Gasteiger partial charge in [0, 0.05) is 0 Å². The van der Waals surface area contributed by atoms with E-state index >= 15 is 0 Å². The van der Waals surface area contributed by atoms with Gasteiger partial charge >= 0.3 is 0 Å². The number of halogens is 1. The Balaban J connectivity index is 2.86. The van der Waals surface area contributed by atoms with Crippen molar-refractivity contribution in [2.75, 3.05) is 0 Å². The zero-order valence-electron chi connectivity index (χ0n) is 5.49. The molecular formula is C7H14F. The van der Waals surface area contributed by atoms with E-state index < -0.39 is 6.17 Å². The van der Waals surface area contributed by atoms with Crippen molar-refractivity contribution in [2.45, 2.75) is 38.8 Å². The molecule has 0 unspecified atom stereocenters. The highest BCUT2D eigenvalue weighted by Crippen LogP contribution is 2.06. The summed E-state index contributed by atoms with van der Waals surface area (Å²) in [6, 6.07) is 0.